The molecule has 156 valence electrons. The molecule has 0 bridgehead atoms. The van der Waals surface area contributed by atoms with E-state index in [9.17, 15) is 19.5 Å². The van der Waals surface area contributed by atoms with E-state index in [1.165, 1.54) is 34.3 Å². The van der Waals surface area contributed by atoms with Gasteiger partial charge in [-0.05, 0) is 30.7 Å². The molecule has 0 saturated carbocycles. The van der Waals surface area contributed by atoms with E-state index in [0.29, 0.717) is 17.1 Å². The number of rotatable bonds is 8. The average molecular weight is 405 g/mol. The van der Waals surface area contributed by atoms with Crippen molar-refractivity contribution in [2.75, 3.05) is 21.3 Å². The second kappa shape index (κ2) is 9.13. The Kier molecular flexibility index (Phi) is 6.87. The van der Waals surface area contributed by atoms with Gasteiger partial charge in [0.1, 0.15) is 12.3 Å². The molecule has 0 radical (unpaired) electrons. The lowest BCUT2D eigenvalue weighted by atomic mass is 9.88. The zero-order valence-electron chi connectivity index (χ0n) is 16.6. The van der Waals surface area contributed by atoms with Gasteiger partial charge in [0.25, 0.3) is 5.56 Å². The predicted octanol–water partition coefficient (Wildman–Crippen LogP) is 1.66. The number of aliphatic carboxylic acids is 1. The maximum absolute atomic E-state index is 13.0. The van der Waals surface area contributed by atoms with Gasteiger partial charge in [-0.3, -0.25) is 14.4 Å². The van der Waals surface area contributed by atoms with E-state index in [1.54, 1.807) is 18.2 Å². The molecule has 0 saturated heterocycles. The largest absolute Gasteiger partial charge is 0.507 e. The number of carbonyl (C=O) groups is 2. The summed E-state index contributed by atoms with van der Waals surface area (Å²) in [6.45, 7) is 0.939. The van der Waals surface area contributed by atoms with Gasteiger partial charge in [-0.15, -0.1) is 0 Å². The molecule has 0 aliphatic carbocycles. The van der Waals surface area contributed by atoms with E-state index in [2.05, 4.69) is 0 Å². The molecule has 0 fully saturated rings. The Morgan fingerprint density at radius 1 is 1.10 bits per heavy atom. The number of hydrogen-bond acceptors (Lipinski definition) is 7. The molecule has 1 heterocycles. The topological polar surface area (TPSA) is 124 Å². The number of carboxylic acids is 1. The van der Waals surface area contributed by atoms with Gasteiger partial charge in [0.15, 0.2) is 11.5 Å². The van der Waals surface area contributed by atoms with Crippen molar-refractivity contribution in [3.63, 3.8) is 0 Å². The number of benzene rings is 1. The van der Waals surface area contributed by atoms with Gasteiger partial charge < -0.3 is 29.0 Å². The molecular formula is C20H23NO8. The summed E-state index contributed by atoms with van der Waals surface area (Å²) in [5.74, 6) is -2.22. The average Bonchev–Trinajstić information content (AvgIpc) is 2.69. The number of ether oxygens (including phenoxy) is 3. The summed E-state index contributed by atoms with van der Waals surface area (Å²) < 4.78 is 16.3. The number of aromatic nitrogens is 1. The maximum Gasteiger partial charge on any atom is 0.323 e. The van der Waals surface area contributed by atoms with Gasteiger partial charge in [-0.25, -0.2) is 0 Å². The standard InChI is InChI=1S/C20H23NO8/c1-11-7-14(22)19(20(26)21(11)10-17(23)24)13(9-18(25)29-4)12-5-6-15(27-2)16(8-12)28-3/h5-8,13,22H,9-10H2,1-4H3,(H,23,24)/t13-/m1/s1. The first-order valence-electron chi connectivity index (χ1n) is 8.67. The Bertz CT molecular complexity index is 979. The van der Waals surface area contributed by atoms with Gasteiger partial charge in [-0.2, -0.15) is 0 Å². The van der Waals surface area contributed by atoms with Crippen LogP contribution in [0.1, 0.15) is 29.2 Å². The van der Waals surface area contributed by atoms with Gasteiger partial charge in [0.2, 0.25) is 0 Å². The maximum atomic E-state index is 13.0. The lowest BCUT2D eigenvalue weighted by molar-refractivity contribution is -0.141. The van der Waals surface area contributed by atoms with Crippen LogP contribution in [0.2, 0.25) is 0 Å². The van der Waals surface area contributed by atoms with Crippen molar-refractivity contribution < 1.29 is 34.0 Å². The van der Waals surface area contributed by atoms with Crippen LogP contribution in [0.25, 0.3) is 0 Å². The summed E-state index contributed by atoms with van der Waals surface area (Å²) in [4.78, 5) is 36.2. The minimum Gasteiger partial charge on any atom is -0.507 e. The number of aromatic hydroxyl groups is 1. The van der Waals surface area contributed by atoms with Crippen molar-refractivity contribution in [2.24, 2.45) is 0 Å². The number of aryl methyl sites for hydroxylation is 1. The molecule has 29 heavy (non-hydrogen) atoms. The highest BCUT2D eigenvalue weighted by molar-refractivity contribution is 5.72. The first kappa shape index (κ1) is 21.8. The van der Waals surface area contributed by atoms with Crippen molar-refractivity contribution in [1.82, 2.24) is 4.57 Å². The van der Waals surface area contributed by atoms with Crippen LogP contribution < -0.4 is 15.0 Å². The molecule has 1 atom stereocenters. The molecule has 2 aromatic rings. The Balaban J connectivity index is 2.73. The number of pyridine rings is 1. The van der Waals surface area contributed by atoms with Crippen LogP contribution in [0.15, 0.2) is 29.1 Å². The molecule has 0 unspecified atom stereocenters. The number of nitrogens with zero attached hydrogens (tertiary/aromatic N) is 1. The summed E-state index contributed by atoms with van der Waals surface area (Å²) in [7, 11) is 4.13. The molecule has 9 nitrogen and oxygen atoms in total. The van der Waals surface area contributed by atoms with Crippen molar-refractivity contribution in [3.8, 4) is 17.2 Å². The summed E-state index contributed by atoms with van der Waals surface area (Å²) in [5.41, 5.74) is -0.0305. The van der Waals surface area contributed by atoms with Crippen molar-refractivity contribution in [2.45, 2.75) is 25.8 Å². The second-order valence-electron chi connectivity index (χ2n) is 6.32. The summed E-state index contributed by atoms with van der Waals surface area (Å²) in [6, 6.07) is 6.13. The molecule has 2 N–H and O–H groups in total. The zero-order valence-corrected chi connectivity index (χ0v) is 16.6. The lowest BCUT2D eigenvalue weighted by Gasteiger charge is -2.21. The Morgan fingerprint density at radius 2 is 1.76 bits per heavy atom. The molecule has 0 aliphatic heterocycles. The molecule has 0 aliphatic rings. The zero-order chi connectivity index (χ0) is 21.7. The number of carbonyl (C=O) groups excluding carboxylic acids is 1. The third kappa shape index (κ3) is 4.68. The summed E-state index contributed by atoms with van der Waals surface area (Å²) in [6.07, 6.45) is -0.245. The first-order valence-corrected chi connectivity index (χ1v) is 8.67. The smallest absolute Gasteiger partial charge is 0.323 e. The van der Waals surface area contributed by atoms with E-state index in [4.69, 9.17) is 19.3 Å². The highest BCUT2D eigenvalue weighted by atomic mass is 16.5. The van der Waals surface area contributed by atoms with Crippen molar-refractivity contribution >= 4 is 11.9 Å². The Labute approximate surface area is 167 Å². The van der Waals surface area contributed by atoms with E-state index in [-0.39, 0.29) is 23.4 Å². The fourth-order valence-corrected chi connectivity index (χ4v) is 3.13. The van der Waals surface area contributed by atoms with Crippen LogP contribution in [0.3, 0.4) is 0 Å². The van der Waals surface area contributed by atoms with Crippen LogP contribution >= 0.6 is 0 Å². The van der Waals surface area contributed by atoms with Gasteiger partial charge in [0.05, 0.1) is 33.3 Å². The second-order valence-corrected chi connectivity index (χ2v) is 6.32. The monoisotopic (exact) mass is 405 g/mol. The fraction of sp³-hybridized carbons (Fsp3) is 0.350. The lowest BCUT2D eigenvalue weighted by Crippen LogP contribution is -2.30. The Hall–Kier alpha value is -3.49. The number of esters is 1. The third-order valence-corrected chi connectivity index (χ3v) is 4.57. The third-order valence-electron chi connectivity index (χ3n) is 4.57. The van der Waals surface area contributed by atoms with Gasteiger partial charge in [0, 0.05) is 11.6 Å². The minimum atomic E-state index is -1.21. The van der Waals surface area contributed by atoms with E-state index in [1.807, 2.05) is 0 Å². The molecule has 0 amide bonds. The molecule has 1 aromatic heterocycles. The Morgan fingerprint density at radius 3 is 2.31 bits per heavy atom. The number of carboxylic acid groups (broad SMARTS) is 1. The minimum absolute atomic E-state index is 0.102. The quantitative estimate of drug-likeness (QED) is 0.636. The first-order chi connectivity index (χ1) is 13.7. The van der Waals surface area contributed by atoms with Gasteiger partial charge >= 0.3 is 11.9 Å². The predicted molar refractivity (Wildman–Crippen MR) is 103 cm³/mol. The van der Waals surface area contributed by atoms with Crippen molar-refractivity contribution in [1.29, 1.82) is 0 Å². The molecule has 0 spiro atoms. The molecule has 9 heteroatoms. The van der Waals surface area contributed by atoms with Crippen LogP contribution in [0.4, 0.5) is 0 Å². The van der Waals surface area contributed by atoms with Crippen LogP contribution in [0, 0.1) is 6.92 Å². The van der Waals surface area contributed by atoms with E-state index >= 15 is 0 Å². The van der Waals surface area contributed by atoms with Crippen LogP contribution in [0.5, 0.6) is 17.2 Å². The summed E-state index contributed by atoms with van der Waals surface area (Å²) >= 11 is 0. The van der Waals surface area contributed by atoms with Crippen molar-refractivity contribution in [3.05, 3.63) is 51.4 Å². The van der Waals surface area contributed by atoms with Crippen LogP contribution in [-0.4, -0.2) is 48.0 Å². The number of methoxy groups -OCH3 is 3. The van der Waals surface area contributed by atoms with E-state index < -0.39 is 30.0 Å². The highest BCUT2D eigenvalue weighted by Gasteiger charge is 2.27. The normalized spacial score (nSPS) is 11.6. The summed E-state index contributed by atoms with van der Waals surface area (Å²) in [5, 5.41) is 19.6. The molecule has 1 aromatic carbocycles. The fourth-order valence-electron chi connectivity index (χ4n) is 3.13. The van der Waals surface area contributed by atoms with Crippen LogP contribution in [-0.2, 0) is 20.9 Å². The number of hydrogen-bond donors (Lipinski definition) is 2. The molecule has 2 rings (SSSR count). The van der Waals surface area contributed by atoms with E-state index in [0.717, 1.165) is 4.57 Å². The highest BCUT2D eigenvalue weighted by Crippen LogP contribution is 2.37. The molecular weight excluding hydrogens is 382 g/mol. The SMILES string of the molecule is COC(=O)C[C@H](c1ccc(OC)c(OC)c1)c1c(O)cc(C)n(CC(=O)O)c1=O. The van der Waals surface area contributed by atoms with Gasteiger partial charge in [-0.1, -0.05) is 6.07 Å².